The fourth-order valence-corrected chi connectivity index (χ4v) is 1.72. The molecule has 2 aromatic carbocycles. The van der Waals surface area contributed by atoms with Gasteiger partial charge in [-0.25, -0.2) is 8.78 Å². The summed E-state index contributed by atoms with van der Waals surface area (Å²) in [4.78, 5) is 0. The molecular formula is C15H15F2NO. The smallest absolute Gasteiger partial charge is 0.168 e. The standard InChI is InChI=1S/C15H15F2NO/c16-12-5-8-15(14(17)10-12)19-13-6-3-11(4-7-13)2-1-9-18/h3-8,10H,1-2,9,18H2. The molecule has 0 aliphatic carbocycles. The zero-order valence-corrected chi connectivity index (χ0v) is 10.4. The summed E-state index contributed by atoms with van der Waals surface area (Å²) in [6.07, 6.45) is 1.83. The zero-order chi connectivity index (χ0) is 13.7. The zero-order valence-electron chi connectivity index (χ0n) is 10.4. The third kappa shape index (κ3) is 3.76. The third-order valence-electron chi connectivity index (χ3n) is 2.71. The van der Waals surface area contributed by atoms with Gasteiger partial charge >= 0.3 is 0 Å². The minimum absolute atomic E-state index is 0.0103. The Morgan fingerprint density at radius 1 is 1.00 bits per heavy atom. The Balaban J connectivity index is 2.06. The quantitative estimate of drug-likeness (QED) is 0.893. The summed E-state index contributed by atoms with van der Waals surface area (Å²) in [5, 5.41) is 0. The van der Waals surface area contributed by atoms with Gasteiger partial charge in [0.05, 0.1) is 0 Å². The molecule has 4 heteroatoms. The first-order chi connectivity index (χ1) is 9.19. The normalized spacial score (nSPS) is 10.5. The predicted molar refractivity (Wildman–Crippen MR) is 70.2 cm³/mol. The summed E-state index contributed by atoms with van der Waals surface area (Å²) in [5.74, 6) is -0.813. The van der Waals surface area contributed by atoms with Crippen LogP contribution in [0.25, 0.3) is 0 Å². The van der Waals surface area contributed by atoms with Crippen LogP contribution < -0.4 is 10.5 Å². The van der Waals surface area contributed by atoms with Gasteiger partial charge in [-0.05, 0) is 49.2 Å². The van der Waals surface area contributed by atoms with E-state index in [9.17, 15) is 8.78 Å². The van der Waals surface area contributed by atoms with Gasteiger partial charge in [0.25, 0.3) is 0 Å². The maximum Gasteiger partial charge on any atom is 0.168 e. The topological polar surface area (TPSA) is 35.2 Å². The minimum Gasteiger partial charge on any atom is -0.454 e. The van der Waals surface area contributed by atoms with Crippen molar-refractivity contribution in [3.05, 3.63) is 59.7 Å². The molecule has 0 unspecified atom stereocenters. The van der Waals surface area contributed by atoms with E-state index in [4.69, 9.17) is 10.5 Å². The maximum absolute atomic E-state index is 13.4. The van der Waals surface area contributed by atoms with E-state index in [2.05, 4.69) is 0 Å². The van der Waals surface area contributed by atoms with E-state index in [1.807, 2.05) is 12.1 Å². The van der Waals surface area contributed by atoms with Gasteiger partial charge in [-0.3, -0.25) is 0 Å². The van der Waals surface area contributed by atoms with Crippen molar-refractivity contribution in [2.45, 2.75) is 12.8 Å². The van der Waals surface area contributed by atoms with Crippen LogP contribution in [-0.4, -0.2) is 6.54 Å². The van der Waals surface area contributed by atoms with Crippen molar-refractivity contribution in [3.8, 4) is 11.5 Å². The van der Waals surface area contributed by atoms with Gasteiger partial charge in [0.1, 0.15) is 11.6 Å². The SMILES string of the molecule is NCCCc1ccc(Oc2ccc(F)cc2F)cc1. The lowest BCUT2D eigenvalue weighted by Crippen LogP contribution is -2.00. The second-order valence-corrected chi connectivity index (χ2v) is 4.21. The van der Waals surface area contributed by atoms with E-state index < -0.39 is 11.6 Å². The molecule has 2 rings (SSSR count). The highest BCUT2D eigenvalue weighted by atomic mass is 19.1. The summed E-state index contributed by atoms with van der Waals surface area (Å²) < 4.78 is 31.5. The lowest BCUT2D eigenvalue weighted by Gasteiger charge is -2.07. The molecule has 0 fully saturated rings. The van der Waals surface area contributed by atoms with Crippen LogP contribution in [0, 0.1) is 11.6 Å². The Bertz CT molecular complexity index is 540. The number of hydrogen-bond acceptors (Lipinski definition) is 2. The van der Waals surface area contributed by atoms with Crippen LogP contribution in [0.1, 0.15) is 12.0 Å². The highest BCUT2D eigenvalue weighted by molar-refractivity contribution is 5.34. The molecule has 19 heavy (non-hydrogen) atoms. The lowest BCUT2D eigenvalue weighted by molar-refractivity contribution is 0.437. The van der Waals surface area contributed by atoms with Crippen LogP contribution in [0.4, 0.5) is 8.78 Å². The molecule has 0 heterocycles. The summed E-state index contributed by atoms with van der Waals surface area (Å²) >= 11 is 0. The van der Waals surface area contributed by atoms with Crippen molar-refractivity contribution < 1.29 is 13.5 Å². The number of ether oxygens (including phenoxy) is 1. The van der Waals surface area contributed by atoms with E-state index in [0.717, 1.165) is 30.5 Å². The summed E-state index contributed by atoms with van der Waals surface area (Å²) in [7, 11) is 0. The van der Waals surface area contributed by atoms with Gasteiger partial charge in [0, 0.05) is 6.07 Å². The van der Waals surface area contributed by atoms with Crippen LogP contribution in [0.3, 0.4) is 0 Å². The number of rotatable bonds is 5. The Morgan fingerprint density at radius 2 is 1.74 bits per heavy atom. The van der Waals surface area contributed by atoms with Crippen LogP contribution >= 0.6 is 0 Å². The summed E-state index contributed by atoms with van der Waals surface area (Å²) in [5.41, 5.74) is 6.59. The molecule has 0 radical (unpaired) electrons. The maximum atomic E-state index is 13.4. The molecule has 0 bridgehead atoms. The van der Waals surface area contributed by atoms with E-state index in [1.165, 1.54) is 6.07 Å². The number of aryl methyl sites for hydroxylation is 1. The average Bonchev–Trinajstić information content (AvgIpc) is 2.41. The monoisotopic (exact) mass is 263 g/mol. The van der Waals surface area contributed by atoms with Crippen molar-refractivity contribution in [3.63, 3.8) is 0 Å². The lowest BCUT2D eigenvalue weighted by atomic mass is 10.1. The Kier molecular flexibility index (Phi) is 4.47. The van der Waals surface area contributed by atoms with Crippen LogP contribution in [0.5, 0.6) is 11.5 Å². The van der Waals surface area contributed by atoms with Gasteiger partial charge in [-0.2, -0.15) is 0 Å². The van der Waals surface area contributed by atoms with Crippen molar-refractivity contribution in [1.82, 2.24) is 0 Å². The molecule has 0 saturated heterocycles. The molecular weight excluding hydrogens is 248 g/mol. The van der Waals surface area contributed by atoms with E-state index >= 15 is 0 Å². The highest BCUT2D eigenvalue weighted by Gasteiger charge is 2.06. The molecule has 2 aromatic rings. The van der Waals surface area contributed by atoms with Crippen molar-refractivity contribution in [2.75, 3.05) is 6.54 Å². The number of halogens is 2. The van der Waals surface area contributed by atoms with Crippen LogP contribution in [0.2, 0.25) is 0 Å². The average molecular weight is 263 g/mol. The first-order valence-corrected chi connectivity index (χ1v) is 6.11. The van der Waals surface area contributed by atoms with Crippen molar-refractivity contribution in [2.24, 2.45) is 5.73 Å². The molecule has 2 nitrogen and oxygen atoms in total. The Hall–Kier alpha value is -1.94. The minimum atomic E-state index is -0.716. The molecule has 0 spiro atoms. The van der Waals surface area contributed by atoms with E-state index in [1.54, 1.807) is 12.1 Å². The van der Waals surface area contributed by atoms with Gasteiger partial charge in [0.15, 0.2) is 11.6 Å². The van der Waals surface area contributed by atoms with Crippen LogP contribution in [0.15, 0.2) is 42.5 Å². The first-order valence-electron chi connectivity index (χ1n) is 6.11. The van der Waals surface area contributed by atoms with Crippen molar-refractivity contribution >= 4 is 0 Å². The molecule has 2 N–H and O–H groups in total. The molecule has 0 aromatic heterocycles. The largest absolute Gasteiger partial charge is 0.454 e. The second-order valence-electron chi connectivity index (χ2n) is 4.21. The molecule has 100 valence electrons. The fourth-order valence-electron chi connectivity index (χ4n) is 1.72. The fraction of sp³-hybridized carbons (Fsp3) is 0.200. The number of hydrogen-bond donors (Lipinski definition) is 1. The van der Waals surface area contributed by atoms with Gasteiger partial charge < -0.3 is 10.5 Å². The van der Waals surface area contributed by atoms with Crippen molar-refractivity contribution in [1.29, 1.82) is 0 Å². The summed E-state index contributed by atoms with van der Waals surface area (Å²) in [6.45, 7) is 0.652. The van der Waals surface area contributed by atoms with Gasteiger partial charge in [0.2, 0.25) is 0 Å². The summed E-state index contributed by atoms with van der Waals surface area (Å²) in [6, 6.07) is 10.6. The predicted octanol–water partition coefficient (Wildman–Crippen LogP) is 3.65. The van der Waals surface area contributed by atoms with Gasteiger partial charge in [-0.1, -0.05) is 12.1 Å². The van der Waals surface area contributed by atoms with E-state index in [0.29, 0.717) is 12.3 Å². The molecule has 0 amide bonds. The molecule has 0 aliphatic rings. The molecule has 0 aliphatic heterocycles. The second kappa shape index (κ2) is 6.29. The first kappa shape index (κ1) is 13.5. The number of benzene rings is 2. The highest BCUT2D eigenvalue weighted by Crippen LogP contribution is 2.25. The van der Waals surface area contributed by atoms with Gasteiger partial charge in [-0.15, -0.1) is 0 Å². The Morgan fingerprint density at radius 3 is 2.37 bits per heavy atom. The molecule has 0 atom stereocenters. The Labute approximate surface area is 110 Å². The number of nitrogens with two attached hydrogens (primary N) is 1. The molecule has 0 saturated carbocycles. The van der Waals surface area contributed by atoms with E-state index in [-0.39, 0.29) is 5.75 Å². The third-order valence-corrected chi connectivity index (χ3v) is 2.71. The van der Waals surface area contributed by atoms with Crippen LogP contribution in [-0.2, 0) is 6.42 Å².